The number of carboxylic acid groups (broad SMARTS) is 1. The van der Waals surface area contributed by atoms with Gasteiger partial charge in [-0.2, -0.15) is 0 Å². The number of benzene rings is 2. The molecule has 2 aromatic carbocycles. The van der Waals surface area contributed by atoms with E-state index in [4.69, 9.17) is 9.84 Å². The van der Waals surface area contributed by atoms with Crippen LogP contribution in [0.4, 0.5) is 4.79 Å². The summed E-state index contributed by atoms with van der Waals surface area (Å²) in [6.07, 6.45) is 2.76. The SMILES string of the molecule is CC(NC(=O)OC(C)(C)C)[C@H](Cc1ccc(C(=O)O)cc1)c1ccc(C2CC2)cc1. The summed E-state index contributed by atoms with van der Waals surface area (Å²) in [6, 6.07) is 15.4. The number of carbonyl (C=O) groups is 2. The molecule has 30 heavy (non-hydrogen) atoms. The van der Waals surface area contributed by atoms with Crippen molar-refractivity contribution in [1.82, 2.24) is 5.32 Å². The molecule has 1 aliphatic carbocycles. The van der Waals surface area contributed by atoms with Crippen LogP contribution >= 0.6 is 0 Å². The van der Waals surface area contributed by atoms with Gasteiger partial charge >= 0.3 is 12.1 Å². The summed E-state index contributed by atoms with van der Waals surface area (Å²) >= 11 is 0. The van der Waals surface area contributed by atoms with Crippen LogP contribution < -0.4 is 5.32 Å². The van der Waals surface area contributed by atoms with Gasteiger partial charge in [0.25, 0.3) is 0 Å². The molecule has 0 aromatic heterocycles. The van der Waals surface area contributed by atoms with Crippen LogP contribution in [-0.2, 0) is 11.2 Å². The molecule has 3 rings (SSSR count). The van der Waals surface area contributed by atoms with Gasteiger partial charge in [0.2, 0.25) is 0 Å². The third-order valence-electron chi connectivity index (χ3n) is 5.42. The van der Waals surface area contributed by atoms with E-state index in [-0.39, 0.29) is 17.5 Å². The smallest absolute Gasteiger partial charge is 0.407 e. The Labute approximate surface area is 178 Å². The first-order valence-electron chi connectivity index (χ1n) is 10.5. The molecule has 1 saturated carbocycles. The fraction of sp³-hybridized carbons (Fsp3) is 0.440. The quantitative estimate of drug-likeness (QED) is 0.633. The lowest BCUT2D eigenvalue weighted by atomic mass is 9.86. The van der Waals surface area contributed by atoms with Gasteiger partial charge in [-0.05, 0) is 81.7 Å². The Kier molecular flexibility index (Phi) is 6.49. The van der Waals surface area contributed by atoms with Crippen LogP contribution in [0, 0.1) is 0 Å². The van der Waals surface area contributed by atoms with Crippen molar-refractivity contribution < 1.29 is 19.4 Å². The highest BCUT2D eigenvalue weighted by Crippen LogP contribution is 2.40. The van der Waals surface area contributed by atoms with Crippen molar-refractivity contribution >= 4 is 12.1 Å². The fourth-order valence-corrected chi connectivity index (χ4v) is 3.65. The zero-order valence-electron chi connectivity index (χ0n) is 18.1. The molecule has 1 amide bonds. The molecule has 1 unspecified atom stereocenters. The number of aromatic carboxylic acids is 1. The maximum Gasteiger partial charge on any atom is 0.407 e. The Morgan fingerprint density at radius 2 is 1.67 bits per heavy atom. The van der Waals surface area contributed by atoms with Gasteiger partial charge in [0.15, 0.2) is 0 Å². The maximum absolute atomic E-state index is 12.3. The molecule has 2 atom stereocenters. The summed E-state index contributed by atoms with van der Waals surface area (Å²) in [7, 11) is 0. The van der Waals surface area contributed by atoms with Crippen molar-refractivity contribution in [3.63, 3.8) is 0 Å². The van der Waals surface area contributed by atoms with E-state index >= 15 is 0 Å². The van der Waals surface area contributed by atoms with E-state index in [0.717, 1.165) is 11.1 Å². The number of rotatable bonds is 7. The van der Waals surface area contributed by atoms with Crippen LogP contribution in [-0.4, -0.2) is 28.8 Å². The lowest BCUT2D eigenvalue weighted by molar-refractivity contribution is 0.0500. The first-order valence-corrected chi connectivity index (χ1v) is 10.5. The van der Waals surface area contributed by atoms with Crippen LogP contribution in [0.1, 0.15) is 79.4 Å². The molecule has 5 nitrogen and oxygen atoms in total. The molecule has 2 aromatic rings. The Balaban J connectivity index is 1.79. The van der Waals surface area contributed by atoms with Crippen molar-refractivity contribution in [3.05, 3.63) is 70.8 Å². The van der Waals surface area contributed by atoms with Crippen molar-refractivity contribution in [3.8, 4) is 0 Å². The summed E-state index contributed by atoms with van der Waals surface area (Å²) in [5, 5.41) is 12.1. The molecule has 0 aliphatic heterocycles. The largest absolute Gasteiger partial charge is 0.478 e. The predicted molar refractivity (Wildman–Crippen MR) is 117 cm³/mol. The molecular weight excluding hydrogens is 378 g/mol. The van der Waals surface area contributed by atoms with Gasteiger partial charge in [0.1, 0.15) is 5.60 Å². The van der Waals surface area contributed by atoms with Crippen LogP contribution in [0.25, 0.3) is 0 Å². The maximum atomic E-state index is 12.3. The normalized spacial score (nSPS) is 15.9. The average Bonchev–Trinajstić information content (AvgIpc) is 3.50. The van der Waals surface area contributed by atoms with Gasteiger partial charge in [0.05, 0.1) is 5.56 Å². The zero-order valence-corrected chi connectivity index (χ0v) is 18.1. The molecule has 2 N–H and O–H groups in total. The third kappa shape index (κ3) is 6.09. The van der Waals surface area contributed by atoms with Crippen molar-refractivity contribution in [2.24, 2.45) is 0 Å². The van der Waals surface area contributed by atoms with Gasteiger partial charge in [-0.15, -0.1) is 0 Å². The molecule has 0 bridgehead atoms. The highest BCUT2D eigenvalue weighted by atomic mass is 16.6. The molecule has 0 saturated heterocycles. The molecule has 5 heteroatoms. The third-order valence-corrected chi connectivity index (χ3v) is 5.42. The number of amides is 1. The number of alkyl carbamates (subject to hydrolysis) is 1. The molecule has 1 fully saturated rings. The lowest BCUT2D eigenvalue weighted by Crippen LogP contribution is -2.41. The second-order valence-corrected chi connectivity index (χ2v) is 9.19. The van der Waals surface area contributed by atoms with Crippen LogP contribution in [0.3, 0.4) is 0 Å². The van der Waals surface area contributed by atoms with Crippen molar-refractivity contribution in [1.29, 1.82) is 0 Å². The number of nitrogens with one attached hydrogen (secondary N) is 1. The average molecular weight is 410 g/mol. The molecule has 0 spiro atoms. The van der Waals surface area contributed by atoms with E-state index in [9.17, 15) is 9.59 Å². The van der Waals surface area contributed by atoms with Crippen LogP contribution in [0.2, 0.25) is 0 Å². The minimum atomic E-state index is -0.936. The number of hydrogen-bond acceptors (Lipinski definition) is 3. The lowest BCUT2D eigenvalue weighted by Gasteiger charge is -2.28. The number of carboxylic acids is 1. The highest BCUT2D eigenvalue weighted by Gasteiger charge is 2.26. The van der Waals surface area contributed by atoms with E-state index in [1.165, 1.54) is 18.4 Å². The van der Waals surface area contributed by atoms with Crippen molar-refractivity contribution in [2.45, 2.75) is 70.4 Å². The Hall–Kier alpha value is -2.82. The number of hydrogen-bond donors (Lipinski definition) is 2. The minimum Gasteiger partial charge on any atom is -0.478 e. The molecule has 160 valence electrons. The van der Waals surface area contributed by atoms with Crippen LogP contribution in [0.5, 0.6) is 0 Å². The summed E-state index contributed by atoms with van der Waals surface area (Å²) in [5.74, 6) is -0.214. The summed E-state index contributed by atoms with van der Waals surface area (Å²) in [5.41, 5.74) is 3.25. The summed E-state index contributed by atoms with van der Waals surface area (Å²) in [4.78, 5) is 23.5. The monoisotopic (exact) mass is 409 g/mol. The molecular formula is C25H31NO4. The van der Waals surface area contributed by atoms with Gasteiger partial charge < -0.3 is 15.2 Å². The van der Waals surface area contributed by atoms with E-state index in [2.05, 4.69) is 29.6 Å². The molecule has 1 aliphatic rings. The predicted octanol–water partition coefficient (Wildman–Crippen LogP) is 5.50. The first kappa shape index (κ1) is 21.9. The van der Waals surface area contributed by atoms with E-state index < -0.39 is 17.7 Å². The van der Waals surface area contributed by atoms with Gasteiger partial charge in [-0.25, -0.2) is 9.59 Å². The highest BCUT2D eigenvalue weighted by molar-refractivity contribution is 5.87. The van der Waals surface area contributed by atoms with Gasteiger partial charge in [0, 0.05) is 12.0 Å². The zero-order chi connectivity index (χ0) is 21.9. The Morgan fingerprint density at radius 3 is 2.17 bits per heavy atom. The van der Waals surface area contributed by atoms with E-state index in [1.807, 2.05) is 39.8 Å². The number of carbonyl (C=O) groups excluding carboxylic acids is 1. The minimum absolute atomic E-state index is 0.0291. The van der Waals surface area contributed by atoms with Gasteiger partial charge in [-0.1, -0.05) is 36.4 Å². The standard InChI is InChI=1S/C25H31NO4/c1-16(26-24(29)30-25(2,3)4)22(15-17-5-7-21(8-6-17)23(27)28)20-13-11-19(12-14-20)18-9-10-18/h5-8,11-14,16,18,22H,9-10,15H2,1-4H3,(H,26,29)(H,27,28)/t16?,22-/m0/s1. The fourth-order valence-electron chi connectivity index (χ4n) is 3.65. The first-order chi connectivity index (χ1) is 14.1. The second kappa shape index (κ2) is 8.90. The van der Waals surface area contributed by atoms with Gasteiger partial charge in [-0.3, -0.25) is 0 Å². The van der Waals surface area contributed by atoms with Crippen LogP contribution in [0.15, 0.2) is 48.5 Å². The number of ether oxygens (including phenoxy) is 1. The Morgan fingerprint density at radius 1 is 1.07 bits per heavy atom. The van der Waals surface area contributed by atoms with E-state index in [0.29, 0.717) is 12.3 Å². The van der Waals surface area contributed by atoms with Crippen molar-refractivity contribution in [2.75, 3.05) is 0 Å². The molecule has 0 heterocycles. The Bertz CT molecular complexity index is 877. The summed E-state index contributed by atoms with van der Waals surface area (Å²) < 4.78 is 5.43. The topological polar surface area (TPSA) is 75.6 Å². The van der Waals surface area contributed by atoms with E-state index in [1.54, 1.807) is 12.1 Å². The molecule has 0 radical (unpaired) electrons. The second-order valence-electron chi connectivity index (χ2n) is 9.19. The summed E-state index contributed by atoms with van der Waals surface area (Å²) in [6.45, 7) is 7.51.